The van der Waals surface area contributed by atoms with Gasteiger partial charge in [-0.25, -0.2) is 0 Å². The highest BCUT2D eigenvalue weighted by Crippen LogP contribution is 2.03. The number of primary amides is 1. The zero-order chi connectivity index (χ0) is 9.52. The number of amides is 1. The number of rotatable bonds is 5. The lowest BCUT2D eigenvalue weighted by atomic mass is 10.2. The Morgan fingerprint density at radius 3 is 3.15 bits per heavy atom. The van der Waals surface area contributed by atoms with E-state index in [4.69, 9.17) is 20.0 Å². The van der Waals surface area contributed by atoms with Crippen molar-refractivity contribution >= 4 is 5.91 Å². The van der Waals surface area contributed by atoms with Crippen LogP contribution in [0, 0.1) is 0 Å². The van der Waals surface area contributed by atoms with E-state index in [-0.39, 0.29) is 12.7 Å². The first kappa shape index (κ1) is 10.4. The van der Waals surface area contributed by atoms with Gasteiger partial charge in [-0.15, -0.1) is 0 Å². The van der Waals surface area contributed by atoms with E-state index in [1.807, 2.05) is 0 Å². The Labute approximate surface area is 76.3 Å². The summed E-state index contributed by atoms with van der Waals surface area (Å²) in [4.78, 5) is 15.0. The number of carbonyl (C=O) groups is 1. The van der Waals surface area contributed by atoms with Gasteiger partial charge in [-0.05, 0) is 6.42 Å². The van der Waals surface area contributed by atoms with Crippen LogP contribution in [-0.4, -0.2) is 38.6 Å². The third-order valence-corrected chi connectivity index (χ3v) is 1.60. The fourth-order valence-corrected chi connectivity index (χ4v) is 0.936. The molecule has 76 valence electrons. The van der Waals surface area contributed by atoms with Crippen LogP contribution in [0.3, 0.4) is 0 Å². The Balaban J connectivity index is 1.95. The Morgan fingerprint density at radius 2 is 2.54 bits per heavy atom. The first-order valence-corrected chi connectivity index (χ1v) is 4.11. The van der Waals surface area contributed by atoms with E-state index in [1.165, 1.54) is 0 Å². The van der Waals surface area contributed by atoms with Crippen molar-refractivity contribution in [1.29, 1.82) is 0 Å². The fraction of sp³-hybridized carbons (Fsp3) is 0.857. The van der Waals surface area contributed by atoms with E-state index in [0.29, 0.717) is 19.9 Å². The molecule has 1 unspecified atom stereocenters. The lowest BCUT2D eigenvalue weighted by molar-refractivity contribution is -0.148. The van der Waals surface area contributed by atoms with Gasteiger partial charge in [-0.2, -0.15) is 5.48 Å². The Bertz CT molecular complexity index is 159. The minimum absolute atomic E-state index is 0.0848. The van der Waals surface area contributed by atoms with E-state index in [2.05, 4.69) is 5.48 Å². The van der Waals surface area contributed by atoms with E-state index in [1.54, 1.807) is 0 Å². The first-order chi connectivity index (χ1) is 6.29. The van der Waals surface area contributed by atoms with Gasteiger partial charge in [0, 0.05) is 6.54 Å². The fourth-order valence-electron chi connectivity index (χ4n) is 0.936. The highest BCUT2D eigenvalue weighted by atomic mass is 16.7. The topological polar surface area (TPSA) is 82.8 Å². The number of hydrogen-bond donors (Lipinski definition) is 2. The number of ether oxygens (including phenoxy) is 2. The van der Waals surface area contributed by atoms with Gasteiger partial charge >= 0.3 is 0 Å². The molecule has 1 fully saturated rings. The SMILES string of the molecule is NC(=O)CONCC1CCOCO1. The molecule has 1 amide bonds. The monoisotopic (exact) mass is 190 g/mol. The lowest BCUT2D eigenvalue weighted by Crippen LogP contribution is -2.35. The standard InChI is InChI=1S/C7H14N2O4/c8-7(10)4-13-9-3-6-1-2-11-5-12-6/h6,9H,1-5H2,(H2,8,10). The van der Waals surface area contributed by atoms with Crippen LogP contribution in [0.5, 0.6) is 0 Å². The molecular formula is C7H14N2O4. The molecule has 0 aromatic heterocycles. The Kier molecular flexibility index (Phi) is 4.69. The van der Waals surface area contributed by atoms with E-state index >= 15 is 0 Å². The summed E-state index contributed by atoms with van der Waals surface area (Å²) in [6.45, 7) is 1.43. The third-order valence-electron chi connectivity index (χ3n) is 1.60. The molecule has 1 aliphatic heterocycles. The van der Waals surface area contributed by atoms with Crippen molar-refractivity contribution in [2.45, 2.75) is 12.5 Å². The third kappa shape index (κ3) is 4.79. The van der Waals surface area contributed by atoms with Gasteiger partial charge in [0.2, 0.25) is 5.91 Å². The summed E-state index contributed by atoms with van der Waals surface area (Å²) in [5.41, 5.74) is 7.46. The first-order valence-electron chi connectivity index (χ1n) is 4.11. The molecule has 0 saturated carbocycles. The van der Waals surface area contributed by atoms with E-state index in [9.17, 15) is 4.79 Å². The van der Waals surface area contributed by atoms with Crippen molar-refractivity contribution in [3.05, 3.63) is 0 Å². The van der Waals surface area contributed by atoms with Gasteiger partial charge in [0.1, 0.15) is 13.4 Å². The van der Waals surface area contributed by atoms with Crippen molar-refractivity contribution < 1.29 is 19.1 Å². The second kappa shape index (κ2) is 5.87. The van der Waals surface area contributed by atoms with Crippen LogP contribution in [-0.2, 0) is 19.1 Å². The highest BCUT2D eigenvalue weighted by molar-refractivity contribution is 5.74. The normalized spacial score (nSPS) is 22.9. The predicted octanol–water partition coefficient (Wildman–Crippen LogP) is -1.24. The molecule has 3 N–H and O–H groups in total. The van der Waals surface area contributed by atoms with Gasteiger partial charge in [0.15, 0.2) is 0 Å². The van der Waals surface area contributed by atoms with Crippen molar-refractivity contribution in [3.8, 4) is 0 Å². The summed E-state index contributed by atoms with van der Waals surface area (Å²) in [5, 5.41) is 0. The Morgan fingerprint density at radius 1 is 1.69 bits per heavy atom. The van der Waals surface area contributed by atoms with Crippen LogP contribution >= 0.6 is 0 Å². The molecule has 0 bridgehead atoms. The summed E-state index contributed by atoms with van der Waals surface area (Å²) in [6, 6.07) is 0. The molecule has 1 rings (SSSR count). The molecule has 6 nitrogen and oxygen atoms in total. The van der Waals surface area contributed by atoms with Crippen molar-refractivity contribution in [2.75, 3.05) is 26.6 Å². The molecule has 1 aliphatic rings. The molecule has 0 spiro atoms. The average molecular weight is 190 g/mol. The minimum Gasteiger partial charge on any atom is -0.368 e. The number of nitrogens with two attached hydrogens (primary N) is 1. The predicted molar refractivity (Wildman–Crippen MR) is 43.5 cm³/mol. The number of nitrogens with one attached hydrogen (secondary N) is 1. The number of hydrogen-bond acceptors (Lipinski definition) is 5. The number of hydroxylamine groups is 1. The molecule has 0 aliphatic carbocycles. The lowest BCUT2D eigenvalue weighted by Gasteiger charge is -2.22. The van der Waals surface area contributed by atoms with Crippen molar-refractivity contribution in [3.63, 3.8) is 0 Å². The molecule has 1 saturated heterocycles. The summed E-state index contributed by atoms with van der Waals surface area (Å²) in [7, 11) is 0. The van der Waals surface area contributed by atoms with Crippen LogP contribution in [0.4, 0.5) is 0 Å². The van der Waals surface area contributed by atoms with Gasteiger partial charge in [-0.1, -0.05) is 0 Å². The maximum atomic E-state index is 10.3. The quantitative estimate of drug-likeness (QED) is 0.418. The van der Waals surface area contributed by atoms with Crippen LogP contribution in [0.2, 0.25) is 0 Å². The molecule has 0 aromatic rings. The van der Waals surface area contributed by atoms with E-state index < -0.39 is 5.91 Å². The van der Waals surface area contributed by atoms with Crippen LogP contribution in [0.15, 0.2) is 0 Å². The molecule has 6 heteroatoms. The molecule has 1 atom stereocenters. The zero-order valence-corrected chi connectivity index (χ0v) is 7.32. The maximum Gasteiger partial charge on any atom is 0.245 e. The molecule has 1 heterocycles. The van der Waals surface area contributed by atoms with Crippen molar-refractivity contribution in [1.82, 2.24) is 5.48 Å². The average Bonchev–Trinajstić information content (AvgIpc) is 2.14. The second-order valence-corrected chi connectivity index (χ2v) is 2.71. The van der Waals surface area contributed by atoms with Gasteiger partial charge in [-0.3, -0.25) is 9.63 Å². The van der Waals surface area contributed by atoms with Crippen LogP contribution in [0.25, 0.3) is 0 Å². The summed E-state index contributed by atoms with van der Waals surface area (Å²) in [5.74, 6) is -0.500. The summed E-state index contributed by atoms with van der Waals surface area (Å²) < 4.78 is 10.2. The van der Waals surface area contributed by atoms with Crippen molar-refractivity contribution in [2.24, 2.45) is 5.73 Å². The van der Waals surface area contributed by atoms with Gasteiger partial charge in [0.05, 0.1) is 12.7 Å². The molecular weight excluding hydrogens is 176 g/mol. The second-order valence-electron chi connectivity index (χ2n) is 2.71. The minimum atomic E-state index is -0.500. The summed E-state index contributed by atoms with van der Waals surface area (Å²) in [6.07, 6.45) is 0.911. The smallest absolute Gasteiger partial charge is 0.245 e. The molecule has 0 radical (unpaired) electrons. The van der Waals surface area contributed by atoms with Gasteiger partial charge < -0.3 is 15.2 Å². The summed E-state index contributed by atoms with van der Waals surface area (Å²) >= 11 is 0. The molecule has 13 heavy (non-hydrogen) atoms. The number of carbonyl (C=O) groups excluding carboxylic acids is 1. The van der Waals surface area contributed by atoms with Crippen LogP contribution in [0.1, 0.15) is 6.42 Å². The largest absolute Gasteiger partial charge is 0.368 e. The zero-order valence-electron chi connectivity index (χ0n) is 7.32. The van der Waals surface area contributed by atoms with Crippen LogP contribution < -0.4 is 11.2 Å². The Hall–Kier alpha value is -0.690. The maximum absolute atomic E-state index is 10.3. The molecule has 0 aromatic carbocycles. The van der Waals surface area contributed by atoms with E-state index in [0.717, 1.165) is 6.42 Å². The van der Waals surface area contributed by atoms with Gasteiger partial charge in [0.25, 0.3) is 0 Å². The highest BCUT2D eigenvalue weighted by Gasteiger charge is 2.13.